The molecule has 2 rings (SSSR count). The second kappa shape index (κ2) is 8.34. The molecule has 2 N–H and O–H groups in total. The Morgan fingerprint density at radius 3 is 2.67 bits per heavy atom. The minimum Gasteiger partial charge on any atom is -0.355 e. The van der Waals surface area contributed by atoms with Crippen molar-refractivity contribution in [1.82, 2.24) is 5.32 Å². The van der Waals surface area contributed by atoms with Crippen molar-refractivity contribution in [3.63, 3.8) is 0 Å². The number of allylic oxidation sites excluding steroid dienone is 1. The summed E-state index contributed by atoms with van der Waals surface area (Å²) in [7, 11) is 0. The molecule has 130 valence electrons. The molecule has 2 amide bonds. The molecule has 24 heavy (non-hydrogen) atoms. The van der Waals surface area contributed by atoms with Crippen molar-refractivity contribution in [3.05, 3.63) is 40.9 Å². The van der Waals surface area contributed by atoms with Gasteiger partial charge in [-0.3, -0.25) is 9.59 Å². The van der Waals surface area contributed by atoms with Gasteiger partial charge in [-0.25, -0.2) is 0 Å². The lowest BCUT2D eigenvalue weighted by Gasteiger charge is -2.23. The van der Waals surface area contributed by atoms with Gasteiger partial charge in [-0.15, -0.1) is 0 Å². The van der Waals surface area contributed by atoms with Crippen molar-refractivity contribution in [2.75, 3.05) is 11.9 Å². The van der Waals surface area contributed by atoms with Crippen LogP contribution < -0.4 is 10.6 Å². The maximum absolute atomic E-state index is 12.4. The van der Waals surface area contributed by atoms with Crippen LogP contribution in [0.15, 0.2) is 35.9 Å². The van der Waals surface area contributed by atoms with Gasteiger partial charge in [-0.05, 0) is 64.2 Å². The van der Waals surface area contributed by atoms with Crippen LogP contribution in [-0.2, 0) is 9.59 Å². The highest BCUT2D eigenvalue weighted by Gasteiger charge is 2.35. The number of halogens is 1. The molecule has 4 nitrogen and oxygen atoms in total. The number of rotatable bonds is 6. The molecule has 1 aliphatic carbocycles. The number of carbonyl (C=O) groups is 2. The lowest BCUT2D eigenvalue weighted by molar-refractivity contribution is -0.138. The highest BCUT2D eigenvalue weighted by molar-refractivity contribution is 6.31. The van der Waals surface area contributed by atoms with Gasteiger partial charge in [0.1, 0.15) is 5.41 Å². The second-order valence-electron chi connectivity index (χ2n) is 6.70. The van der Waals surface area contributed by atoms with Crippen LogP contribution >= 0.6 is 11.6 Å². The molecule has 0 spiro atoms. The third-order valence-corrected chi connectivity index (χ3v) is 4.57. The zero-order valence-electron chi connectivity index (χ0n) is 14.3. The molecule has 0 saturated carbocycles. The lowest BCUT2D eigenvalue weighted by atomic mass is 9.90. The predicted molar refractivity (Wildman–Crippen MR) is 98.0 cm³/mol. The Morgan fingerprint density at radius 2 is 2.00 bits per heavy atom. The first-order valence-corrected chi connectivity index (χ1v) is 8.80. The third kappa shape index (κ3) is 5.10. The first-order chi connectivity index (χ1) is 11.4. The molecule has 0 bridgehead atoms. The summed E-state index contributed by atoms with van der Waals surface area (Å²) in [5.41, 5.74) is 0.840. The van der Waals surface area contributed by atoms with Gasteiger partial charge in [-0.2, -0.15) is 0 Å². The van der Waals surface area contributed by atoms with E-state index in [0.29, 0.717) is 17.3 Å². The monoisotopic (exact) mass is 348 g/mol. The van der Waals surface area contributed by atoms with Crippen LogP contribution in [-0.4, -0.2) is 18.4 Å². The van der Waals surface area contributed by atoms with Gasteiger partial charge in [0.2, 0.25) is 11.8 Å². The zero-order valence-corrected chi connectivity index (χ0v) is 15.1. The maximum atomic E-state index is 12.4. The summed E-state index contributed by atoms with van der Waals surface area (Å²) in [6.07, 6.45) is 7.87. The number of hydrogen-bond acceptors (Lipinski definition) is 2. The number of anilines is 1. The van der Waals surface area contributed by atoms with Crippen LogP contribution in [0.4, 0.5) is 5.69 Å². The fraction of sp³-hybridized carbons (Fsp3) is 0.474. The Hall–Kier alpha value is -1.81. The van der Waals surface area contributed by atoms with Crippen molar-refractivity contribution < 1.29 is 9.59 Å². The topological polar surface area (TPSA) is 58.2 Å². The summed E-state index contributed by atoms with van der Waals surface area (Å²) in [6, 6.07) is 6.88. The molecule has 1 aromatic carbocycles. The van der Waals surface area contributed by atoms with Gasteiger partial charge in [0.25, 0.3) is 0 Å². The van der Waals surface area contributed by atoms with Crippen molar-refractivity contribution in [3.8, 4) is 0 Å². The predicted octanol–water partition coefficient (Wildman–Crippen LogP) is 4.31. The summed E-state index contributed by atoms with van der Waals surface area (Å²) in [5.74, 6) is -0.613. The van der Waals surface area contributed by atoms with Crippen LogP contribution in [0, 0.1) is 5.41 Å². The minimum atomic E-state index is -1.15. The average Bonchev–Trinajstić information content (AvgIpc) is 2.55. The third-order valence-electron chi connectivity index (χ3n) is 4.33. The quantitative estimate of drug-likeness (QED) is 0.594. The summed E-state index contributed by atoms with van der Waals surface area (Å²) < 4.78 is 0. The Kier molecular flexibility index (Phi) is 6.44. The van der Waals surface area contributed by atoms with E-state index in [0.717, 1.165) is 19.3 Å². The lowest BCUT2D eigenvalue weighted by Crippen LogP contribution is -2.45. The van der Waals surface area contributed by atoms with E-state index >= 15 is 0 Å². The molecule has 0 radical (unpaired) electrons. The van der Waals surface area contributed by atoms with E-state index in [1.165, 1.54) is 18.4 Å². The van der Waals surface area contributed by atoms with Crippen LogP contribution in [0.25, 0.3) is 0 Å². The molecule has 0 aliphatic heterocycles. The summed E-state index contributed by atoms with van der Waals surface area (Å²) >= 11 is 5.91. The molecule has 0 saturated heterocycles. The van der Waals surface area contributed by atoms with Gasteiger partial charge >= 0.3 is 0 Å². The first kappa shape index (κ1) is 18.5. The maximum Gasteiger partial charge on any atom is 0.239 e. The zero-order chi connectivity index (χ0) is 17.6. The van der Waals surface area contributed by atoms with Crippen LogP contribution in [0.1, 0.15) is 46.0 Å². The first-order valence-electron chi connectivity index (χ1n) is 8.43. The molecule has 5 heteroatoms. The van der Waals surface area contributed by atoms with Gasteiger partial charge < -0.3 is 10.6 Å². The SMILES string of the molecule is CC(C)(C(=O)NCCC1=CCCCC1)C(=O)Nc1cccc(Cl)c1. The standard InChI is InChI=1S/C19H25ClN2O2/c1-19(2,18(24)22-16-10-6-9-15(20)13-16)17(23)21-12-11-14-7-4-3-5-8-14/h6-7,9-10,13H,3-5,8,11-12H2,1-2H3,(H,21,23)(H,22,24). The van der Waals surface area contributed by atoms with Crippen LogP contribution in [0.3, 0.4) is 0 Å². The highest BCUT2D eigenvalue weighted by atomic mass is 35.5. The normalized spacial score (nSPS) is 14.7. The van der Waals surface area contributed by atoms with Crippen molar-refractivity contribution in [2.24, 2.45) is 5.41 Å². The molecule has 1 aliphatic rings. The van der Waals surface area contributed by atoms with E-state index in [9.17, 15) is 9.59 Å². The summed E-state index contributed by atoms with van der Waals surface area (Å²) in [6.45, 7) is 3.82. The Balaban J connectivity index is 1.86. The van der Waals surface area contributed by atoms with E-state index in [1.807, 2.05) is 0 Å². The van der Waals surface area contributed by atoms with Gasteiger partial charge in [0.05, 0.1) is 0 Å². The Bertz CT molecular complexity index is 638. The highest BCUT2D eigenvalue weighted by Crippen LogP contribution is 2.22. The van der Waals surface area contributed by atoms with Crippen molar-refractivity contribution >= 4 is 29.1 Å². The fourth-order valence-corrected chi connectivity index (χ4v) is 2.84. The molecule has 0 aromatic heterocycles. The van der Waals surface area contributed by atoms with E-state index in [-0.39, 0.29) is 11.8 Å². The largest absolute Gasteiger partial charge is 0.355 e. The second-order valence-corrected chi connectivity index (χ2v) is 7.14. The van der Waals surface area contributed by atoms with Crippen LogP contribution in [0.5, 0.6) is 0 Å². The molecule has 0 fully saturated rings. The smallest absolute Gasteiger partial charge is 0.239 e. The summed E-state index contributed by atoms with van der Waals surface area (Å²) in [5, 5.41) is 6.17. The Morgan fingerprint density at radius 1 is 1.21 bits per heavy atom. The Labute approximate surface area is 148 Å². The van der Waals surface area contributed by atoms with Gasteiger partial charge in [0.15, 0.2) is 0 Å². The van der Waals surface area contributed by atoms with E-state index in [2.05, 4.69) is 16.7 Å². The molecule has 0 unspecified atom stereocenters. The molecule has 0 atom stereocenters. The van der Waals surface area contributed by atoms with Crippen molar-refractivity contribution in [1.29, 1.82) is 0 Å². The van der Waals surface area contributed by atoms with E-state index in [1.54, 1.807) is 38.1 Å². The fourth-order valence-electron chi connectivity index (χ4n) is 2.65. The number of hydrogen-bond donors (Lipinski definition) is 2. The molecule has 1 aromatic rings. The number of amides is 2. The minimum absolute atomic E-state index is 0.265. The number of carbonyl (C=O) groups excluding carboxylic acids is 2. The molecular weight excluding hydrogens is 324 g/mol. The average molecular weight is 349 g/mol. The number of nitrogens with one attached hydrogen (secondary N) is 2. The number of benzene rings is 1. The molecule has 0 heterocycles. The van der Waals surface area contributed by atoms with Crippen molar-refractivity contribution in [2.45, 2.75) is 46.0 Å². The van der Waals surface area contributed by atoms with Crippen LogP contribution in [0.2, 0.25) is 5.02 Å². The van der Waals surface area contributed by atoms with Gasteiger partial charge in [-0.1, -0.05) is 29.3 Å². The summed E-state index contributed by atoms with van der Waals surface area (Å²) in [4.78, 5) is 24.8. The van der Waals surface area contributed by atoms with Gasteiger partial charge in [0, 0.05) is 17.3 Å². The van der Waals surface area contributed by atoms with E-state index in [4.69, 9.17) is 11.6 Å². The molecular formula is C19H25ClN2O2. The van der Waals surface area contributed by atoms with E-state index < -0.39 is 5.41 Å².